The zero-order valence-electron chi connectivity index (χ0n) is 12.0. The van der Waals surface area contributed by atoms with Gasteiger partial charge in [-0.25, -0.2) is 5.01 Å². The smallest absolute Gasteiger partial charge is 0.266 e. The number of hydrogen-bond acceptors (Lipinski definition) is 4. The van der Waals surface area contributed by atoms with Crippen LogP contribution in [0.4, 0.5) is 0 Å². The summed E-state index contributed by atoms with van der Waals surface area (Å²) in [4.78, 5) is 13.1. The first-order chi connectivity index (χ1) is 9.61. The van der Waals surface area contributed by atoms with Crippen LogP contribution in [-0.2, 0) is 0 Å². The van der Waals surface area contributed by atoms with E-state index in [4.69, 9.17) is 5.73 Å². The molecule has 1 aromatic rings. The number of rotatable bonds is 2. The fraction of sp³-hybridized carbons (Fsp3) is 0.533. The first-order valence-corrected chi connectivity index (χ1v) is 7.86. The zero-order valence-corrected chi connectivity index (χ0v) is 12.8. The largest absolute Gasteiger partial charge is 0.320 e. The summed E-state index contributed by atoms with van der Waals surface area (Å²) in [6.07, 6.45) is 3.48. The van der Waals surface area contributed by atoms with Gasteiger partial charge in [0.25, 0.3) is 5.91 Å². The molecule has 108 valence electrons. The molecule has 2 rings (SSSR count). The number of piperidine rings is 1. The summed E-state index contributed by atoms with van der Waals surface area (Å²) in [7, 11) is 0. The molecule has 1 amide bonds. The molecule has 1 aliphatic rings. The third kappa shape index (κ3) is 3.60. The van der Waals surface area contributed by atoms with Crippen LogP contribution in [0.25, 0.3) is 0 Å². The third-order valence-electron chi connectivity index (χ3n) is 3.60. The van der Waals surface area contributed by atoms with Gasteiger partial charge in [-0.2, -0.15) is 0 Å². The summed E-state index contributed by atoms with van der Waals surface area (Å²) in [5.41, 5.74) is 9.04. The van der Waals surface area contributed by atoms with Gasteiger partial charge in [0.05, 0.1) is 17.0 Å². The normalized spacial score (nSPS) is 22.9. The Kier molecular flexibility index (Phi) is 5.18. The molecule has 2 unspecified atom stereocenters. The van der Waals surface area contributed by atoms with Gasteiger partial charge in [-0.15, -0.1) is 11.3 Å². The van der Waals surface area contributed by atoms with Crippen molar-refractivity contribution in [3.05, 3.63) is 21.9 Å². The second kappa shape index (κ2) is 6.89. The molecular weight excluding hydrogens is 270 g/mol. The Bertz CT molecular complexity index is 519. The van der Waals surface area contributed by atoms with Gasteiger partial charge in [-0.1, -0.05) is 18.3 Å². The molecular formula is C15H21N3OS. The summed E-state index contributed by atoms with van der Waals surface area (Å²) in [5.74, 6) is 5.70. The lowest BCUT2D eigenvalue weighted by molar-refractivity contribution is 0.0370. The third-order valence-corrected chi connectivity index (χ3v) is 4.45. The molecule has 0 radical (unpaired) electrons. The molecule has 1 saturated heterocycles. The van der Waals surface area contributed by atoms with Gasteiger partial charge in [0.1, 0.15) is 0 Å². The Hall–Kier alpha value is -1.35. The molecule has 2 atom stereocenters. The molecule has 1 fully saturated rings. The lowest BCUT2D eigenvalue weighted by Crippen LogP contribution is -2.54. The second-order valence-electron chi connectivity index (χ2n) is 5.18. The number of hydrazine groups is 1. The summed E-state index contributed by atoms with van der Waals surface area (Å²) < 4.78 is 0. The van der Waals surface area contributed by atoms with Gasteiger partial charge in [0.2, 0.25) is 0 Å². The molecule has 3 N–H and O–H groups in total. The topological polar surface area (TPSA) is 58.4 Å². The average molecular weight is 291 g/mol. The van der Waals surface area contributed by atoms with Crippen LogP contribution in [0.15, 0.2) is 11.4 Å². The van der Waals surface area contributed by atoms with E-state index in [9.17, 15) is 4.79 Å². The predicted octanol–water partition coefficient (Wildman–Crippen LogP) is 1.97. The van der Waals surface area contributed by atoms with Gasteiger partial charge >= 0.3 is 0 Å². The van der Waals surface area contributed by atoms with Crippen LogP contribution in [0.2, 0.25) is 0 Å². The van der Waals surface area contributed by atoms with E-state index < -0.39 is 0 Å². The molecule has 0 aromatic carbocycles. The van der Waals surface area contributed by atoms with Crippen molar-refractivity contribution < 1.29 is 4.79 Å². The highest BCUT2D eigenvalue weighted by Gasteiger charge is 2.26. The van der Waals surface area contributed by atoms with Crippen LogP contribution in [0.5, 0.6) is 0 Å². The van der Waals surface area contributed by atoms with Gasteiger partial charge in [0, 0.05) is 17.5 Å². The molecule has 20 heavy (non-hydrogen) atoms. The minimum atomic E-state index is -0.0531. The van der Waals surface area contributed by atoms with Crippen molar-refractivity contribution in [2.75, 3.05) is 6.54 Å². The SMILES string of the molecule is CC1CCCC(C)N1NC(=O)c1csc(C#CCN)c1. The Balaban J connectivity index is 2.02. The van der Waals surface area contributed by atoms with E-state index in [1.54, 1.807) is 0 Å². The predicted molar refractivity (Wildman–Crippen MR) is 82.3 cm³/mol. The van der Waals surface area contributed by atoms with Gasteiger partial charge in [-0.05, 0) is 32.8 Å². The van der Waals surface area contributed by atoms with E-state index in [0.717, 1.165) is 17.7 Å². The summed E-state index contributed by atoms with van der Waals surface area (Å²) in [6, 6.07) is 2.60. The fourth-order valence-electron chi connectivity index (χ4n) is 2.48. The highest BCUT2D eigenvalue weighted by Crippen LogP contribution is 2.21. The minimum Gasteiger partial charge on any atom is -0.320 e. The molecule has 5 heteroatoms. The molecule has 1 aromatic heterocycles. The lowest BCUT2D eigenvalue weighted by Gasteiger charge is -2.38. The van der Waals surface area contributed by atoms with Crippen molar-refractivity contribution in [1.29, 1.82) is 0 Å². The van der Waals surface area contributed by atoms with E-state index in [2.05, 4.69) is 36.1 Å². The quantitative estimate of drug-likeness (QED) is 0.819. The molecule has 2 heterocycles. The number of nitrogens with two attached hydrogens (primary N) is 1. The number of thiophene rings is 1. The number of amides is 1. The Morgan fingerprint density at radius 1 is 1.50 bits per heavy atom. The molecule has 4 nitrogen and oxygen atoms in total. The van der Waals surface area contributed by atoms with Crippen LogP contribution in [0, 0.1) is 11.8 Å². The van der Waals surface area contributed by atoms with Crippen molar-refractivity contribution >= 4 is 17.2 Å². The van der Waals surface area contributed by atoms with Crippen LogP contribution in [0.1, 0.15) is 48.3 Å². The van der Waals surface area contributed by atoms with Crippen molar-refractivity contribution in [1.82, 2.24) is 10.4 Å². The summed E-state index contributed by atoms with van der Waals surface area (Å²) >= 11 is 1.47. The number of nitrogens with one attached hydrogen (secondary N) is 1. The lowest BCUT2D eigenvalue weighted by atomic mass is 10.00. The van der Waals surface area contributed by atoms with Crippen molar-refractivity contribution in [2.45, 2.75) is 45.2 Å². The standard InChI is InChI=1S/C15H21N3OS/c1-11-5-3-6-12(2)18(11)17-15(19)13-9-14(20-10-13)7-4-8-16/h9-12H,3,5-6,8,16H2,1-2H3,(H,17,19). The van der Waals surface area contributed by atoms with Crippen molar-refractivity contribution in [2.24, 2.45) is 5.73 Å². The van der Waals surface area contributed by atoms with E-state index in [-0.39, 0.29) is 5.91 Å². The number of nitrogens with zero attached hydrogens (tertiary/aromatic N) is 1. The maximum atomic E-state index is 12.3. The summed E-state index contributed by atoms with van der Waals surface area (Å²) in [5, 5.41) is 3.92. The Labute approximate surface area is 124 Å². The molecule has 0 saturated carbocycles. The van der Waals surface area contributed by atoms with Crippen LogP contribution < -0.4 is 11.2 Å². The van der Waals surface area contributed by atoms with Gasteiger partial charge < -0.3 is 5.73 Å². The highest BCUT2D eigenvalue weighted by molar-refractivity contribution is 7.10. The average Bonchev–Trinajstić information content (AvgIpc) is 2.89. The van der Waals surface area contributed by atoms with Crippen LogP contribution >= 0.6 is 11.3 Å². The Morgan fingerprint density at radius 2 is 2.20 bits per heavy atom. The first-order valence-electron chi connectivity index (χ1n) is 6.98. The van der Waals surface area contributed by atoms with Crippen LogP contribution in [0.3, 0.4) is 0 Å². The minimum absolute atomic E-state index is 0.0531. The highest BCUT2D eigenvalue weighted by atomic mass is 32.1. The number of hydrogen-bond donors (Lipinski definition) is 2. The van der Waals surface area contributed by atoms with Crippen LogP contribution in [-0.4, -0.2) is 29.5 Å². The number of carbonyl (C=O) groups excluding carboxylic acids is 1. The van der Waals surface area contributed by atoms with E-state index in [0.29, 0.717) is 24.2 Å². The summed E-state index contributed by atoms with van der Waals surface area (Å²) in [6.45, 7) is 4.64. The van der Waals surface area contributed by atoms with Crippen molar-refractivity contribution in [3.63, 3.8) is 0 Å². The zero-order chi connectivity index (χ0) is 14.5. The maximum Gasteiger partial charge on any atom is 0.266 e. The van der Waals surface area contributed by atoms with E-state index in [1.165, 1.54) is 17.8 Å². The van der Waals surface area contributed by atoms with Gasteiger partial charge in [0.15, 0.2) is 0 Å². The number of carbonyl (C=O) groups is 1. The molecule has 0 spiro atoms. The maximum absolute atomic E-state index is 12.3. The fourth-order valence-corrected chi connectivity index (χ4v) is 3.24. The Morgan fingerprint density at radius 3 is 2.85 bits per heavy atom. The molecule has 0 bridgehead atoms. The van der Waals surface area contributed by atoms with E-state index in [1.807, 2.05) is 11.4 Å². The monoisotopic (exact) mass is 291 g/mol. The van der Waals surface area contributed by atoms with Crippen molar-refractivity contribution in [3.8, 4) is 11.8 Å². The van der Waals surface area contributed by atoms with E-state index >= 15 is 0 Å². The van der Waals surface area contributed by atoms with Gasteiger partial charge in [-0.3, -0.25) is 10.2 Å². The first kappa shape index (κ1) is 15.0. The molecule has 1 aliphatic heterocycles. The molecule has 0 aliphatic carbocycles. The second-order valence-corrected chi connectivity index (χ2v) is 6.09.